The van der Waals surface area contributed by atoms with Gasteiger partial charge in [0, 0.05) is 13.2 Å². The summed E-state index contributed by atoms with van der Waals surface area (Å²) in [5.74, 6) is 0.209. The van der Waals surface area contributed by atoms with Gasteiger partial charge in [-0.05, 0) is 31.7 Å². The van der Waals surface area contributed by atoms with Gasteiger partial charge in [0.15, 0.2) is 0 Å². The normalized spacial score (nSPS) is 33.9. The molecule has 0 aromatic heterocycles. The van der Waals surface area contributed by atoms with E-state index in [0.29, 0.717) is 6.10 Å². The van der Waals surface area contributed by atoms with E-state index in [0.717, 1.165) is 24.8 Å². The fraction of sp³-hybridized carbons (Fsp3) is 0.562. The maximum absolute atomic E-state index is 12.5. The quantitative estimate of drug-likeness (QED) is 0.917. The van der Waals surface area contributed by atoms with Crippen molar-refractivity contribution in [1.82, 2.24) is 10.2 Å². The maximum Gasteiger partial charge on any atom is 0.241 e. The van der Waals surface area contributed by atoms with Gasteiger partial charge in [-0.1, -0.05) is 30.3 Å². The molecule has 0 bridgehead atoms. The molecule has 0 radical (unpaired) electrons. The van der Waals surface area contributed by atoms with E-state index in [4.69, 9.17) is 4.74 Å². The molecule has 1 aromatic rings. The number of amides is 1. The van der Waals surface area contributed by atoms with Crippen molar-refractivity contribution in [2.45, 2.75) is 50.5 Å². The summed E-state index contributed by atoms with van der Waals surface area (Å²) in [6.45, 7) is 1.95. The molecule has 3 rings (SSSR count). The highest BCUT2D eigenvalue weighted by molar-refractivity contribution is 5.84. The summed E-state index contributed by atoms with van der Waals surface area (Å²) < 4.78 is 5.45. The second-order valence-corrected chi connectivity index (χ2v) is 5.77. The molecule has 4 unspecified atom stereocenters. The van der Waals surface area contributed by atoms with Gasteiger partial charge in [0.05, 0.1) is 12.1 Å². The Kier molecular flexibility index (Phi) is 3.76. The second-order valence-electron chi connectivity index (χ2n) is 5.77. The zero-order valence-corrected chi connectivity index (χ0v) is 12.1. The zero-order valence-electron chi connectivity index (χ0n) is 12.1. The van der Waals surface area contributed by atoms with Gasteiger partial charge in [0.25, 0.3) is 0 Å². The van der Waals surface area contributed by atoms with Gasteiger partial charge in [0.2, 0.25) is 5.91 Å². The third-order valence-corrected chi connectivity index (χ3v) is 4.51. The number of hydrogen-bond acceptors (Lipinski definition) is 3. The van der Waals surface area contributed by atoms with Crippen LogP contribution in [0.4, 0.5) is 0 Å². The van der Waals surface area contributed by atoms with Crippen LogP contribution in [0.2, 0.25) is 0 Å². The Morgan fingerprint density at radius 1 is 1.25 bits per heavy atom. The molecule has 4 nitrogen and oxygen atoms in total. The fourth-order valence-corrected chi connectivity index (χ4v) is 3.41. The average Bonchev–Trinajstić information content (AvgIpc) is 3.05. The second kappa shape index (κ2) is 5.54. The SMILES string of the molecule is COC1CCC(N2C(=O)C(C)NC2c2ccccc2)C1. The van der Waals surface area contributed by atoms with E-state index in [1.165, 1.54) is 0 Å². The van der Waals surface area contributed by atoms with Crippen molar-refractivity contribution in [3.8, 4) is 0 Å². The first-order valence-corrected chi connectivity index (χ1v) is 7.36. The highest BCUT2D eigenvalue weighted by Crippen LogP contribution is 2.34. The Bertz CT molecular complexity index is 477. The van der Waals surface area contributed by atoms with E-state index < -0.39 is 0 Å². The number of benzene rings is 1. The first-order valence-electron chi connectivity index (χ1n) is 7.36. The monoisotopic (exact) mass is 274 g/mol. The van der Waals surface area contributed by atoms with Crippen LogP contribution >= 0.6 is 0 Å². The number of nitrogens with zero attached hydrogens (tertiary/aromatic N) is 1. The van der Waals surface area contributed by atoms with Gasteiger partial charge in [-0.2, -0.15) is 0 Å². The van der Waals surface area contributed by atoms with Crippen molar-refractivity contribution in [2.75, 3.05) is 7.11 Å². The molecule has 0 spiro atoms. The van der Waals surface area contributed by atoms with Crippen molar-refractivity contribution in [3.63, 3.8) is 0 Å². The van der Waals surface area contributed by atoms with Crippen LogP contribution in [0.5, 0.6) is 0 Å². The number of rotatable bonds is 3. The Morgan fingerprint density at radius 2 is 2.00 bits per heavy atom. The molecule has 1 heterocycles. The largest absolute Gasteiger partial charge is 0.381 e. The Morgan fingerprint density at radius 3 is 2.65 bits per heavy atom. The lowest BCUT2D eigenvalue weighted by molar-refractivity contribution is -0.132. The lowest BCUT2D eigenvalue weighted by Gasteiger charge is -2.30. The number of carbonyl (C=O) groups excluding carboxylic acids is 1. The summed E-state index contributed by atoms with van der Waals surface area (Å²) in [6.07, 6.45) is 3.31. The van der Waals surface area contributed by atoms with E-state index in [1.807, 2.05) is 30.0 Å². The predicted molar refractivity (Wildman–Crippen MR) is 77.1 cm³/mol. The maximum atomic E-state index is 12.5. The van der Waals surface area contributed by atoms with Gasteiger partial charge in [-0.15, -0.1) is 0 Å². The van der Waals surface area contributed by atoms with E-state index in [2.05, 4.69) is 17.4 Å². The molecule has 1 amide bonds. The lowest BCUT2D eigenvalue weighted by atomic mass is 10.1. The zero-order chi connectivity index (χ0) is 14.1. The standard InChI is InChI=1S/C16H22N2O2/c1-11-16(19)18(13-8-9-14(10-13)20-2)15(17-11)12-6-4-3-5-7-12/h3-7,11,13-15,17H,8-10H2,1-2H3. The first-order chi connectivity index (χ1) is 9.70. The highest BCUT2D eigenvalue weighted by atomic mass is 16.5. The molecule has 1 saturated carbocycles. The smallest absolute Gasteiger partial charge is 0.241 e. The minimum Gasteiger partial charge on any atom is -0.381 e. The van der Waals surface area contributed by atoms with Crippen molar-refractivity contribution < 1.29 is 9.53 Å². The van der Waals surface area contributed by atoms with Crippen LogP contribution < -0.4 is 5.32 Å². The minimum absolute atomic E-state index is 0.000642. The van der Waals surface area contributed by atoms with E-state index >= 15 is 0 Å². The molecule has 1 N–H and O–H groups in total. The van der Waals surface area contributed by atoms with E-state index in [9.17, 15) is 4.79 Å². The number of methoxy groups -OCH3 is 1. The molecule has 4 atom stereocenters. The van der Waals surface area contributed by atoms with Gasteiger partial charge in [-0.3, -0.25) is 10.1 Å². The molecule has 20 heavy (non-hydrogen) atoms. The van der Waals surface area contributed by atoms with Crippen LogP contribution in [0, 0.1) is 0 Å². The van der Waals surface area contributed by atoms with Crippen LogP contribution in [-0.2, 0) is 9.53 Å². The minimum atomic E-state index is -0.109. The number of carbonyl (C=O) groups is 1. The molecule has 1 aliphatic carbocycles. The van der Waals surface area contributed by atoms with Crippen molar-refractivity contribution in [2.24, 2.45) is 0 Å². The number of nitrogens with one attached hydrogen (secondary N) is 1. The molecule has 1 aliphatic heterocycles. The van der Waals surface area contributed by atoms with Gasteiger partial charge >= 0.3 is 0 Å². The van der Waals surface area contributed by atoms with Crippen molar-refractivity contribution in [1.29, 1.82) is 0 Å². The van der Waals surface area contributed by atoms with Gasteiger partial charge < -0.3 is 9.64 Å². The lowest BCUT2D eigenvalue weighted by Crippen LogP contribution is -2.39. The van der Waals surface area contributed by atoms with Crippen molar-refractivity contribution in [3.05, 3.63) is 35.9 Å². The summed E-state index contributed by atoms with van der Waals surface area (Å²) in [6, 6.07) is 10.4. The van der Waals surface area contributed by atoms with Crippen LogP contribution in [0.1, 0.15) is 37.9 Å². The fourth-order valence-electron chi connectivity index (χ4n) is 3.41. The molecule has 2 aliphatic rings. The number of ether oxygens (including phenoxy) is 1. The Hall–Kier alpha value is -1.39. The summed E-state index contributed by atoms with van der Waals surface area (Å²) in [5.41, 5.74) is 1.16. The first kappa shape index (κ1) is 13.6. The Balaban J connectivity index is 1.84. The van der Waals surface area contributed by atoms with Crippen molar-refractivity contribution >= 4 is 5.91 Å². The number of hydrogen-bond donors (Lipinski definition) is 1. The summed E-state index contributed by atoms with van der Waals surface area (Å²) >= 11 is 0. The Labute approximate surface area is 120 Å². The topological polar surface area (TPSA) is 41.6 Å². The van der Waals surface area contributed by atoms with Crippen LogP contribution in [0.3, 0.4) is 0 Å². The predicted octanol–water partition coefficient (Wildman–Crippen LogP) is 2.07. The molecule has 108 valence electrons. The third kappa shape index (κ3) is 2.34. The van der Waals surface area contributed by atoms with Gasteiger partial charge in [-0.25, -0.2) is 0 Å². The molecule has 2 fully saturated rings. The van der Waals surface area contributed by atoms with Gasteiger partial charge in [0.1, 0.15) is 6.17 Å². The van der Waals surface area contributed by atoms with Crippen LogP contribution in [0.25, 0.3) is 0 Å². The highest BCUT2D eigenvalue weighted by Gasteiger charge is 2.43. The third-order valence-electron chi connectivity index (χ3n) is 4.51. The molecular weight excluding hydrogens is 252 g/mol. The molecular formula is C16H22N2O2. The summed E-state index contributed by atoms with van der Waals surface area (Å²) in [4.78, 5) is 14.5. The van der Waals surface area contributed by atoms with E-state index in [1.54, 1.807) is 7.11 Å². The summed E-state index contributed by atoms with van der Waals surface area (Å²) in [7, 11) is 1.76. The van der Waals surface area contributed by atoms with E-state index in [-0.39, 0.29) is 24.2 Å². The van der Waals surface area contributed by atoms with Crippen LogP contribution in [0.15, 0.2) is 30.3 Å². The molecule has 1 aromatic carbocycles. The molecule has 4 heteroatoms. The average molecular weight is 274 g/mol. The molecule has 1 saturated heterocycles. The summed E-state index contributed by atoms with van der Waals surface area (Å²) in [5, 5.41) is 3.42. The van der Waals surface area contributed by atoms with Crippen LogP contribution in [-0.4, -0.2) is 36.1 Å².